The van der Waals surface area contributed by atoms with Crippen molar-refractivity contribution in [3.05, 3.63) is 89.6 Å². The molecular weight excluding hydrogens is 448 g/mol. The van der Waals surface area contributed by atoms with Gasteiger partial charge in [-0.2, -0.15) is 5.10 Å². The summed E-state index contributed by atoms with van der Waals surface area (Å²) in [6.07, 6.45) is 6.08. The van der Waals surface area contributed by atoms with Crippen LogP contribution in [0, 0.1) is 11.3 Å². The van der Waals surface area contributed by atoms with Crippen LogP contribution in [0.25, 0.3) is 5.69 Å². The second-order valence-electron chi connectivity index (χ2n) is 10.7. The normalized spacial score (nSPS) is 26.1. The number of nitrogens with zero attached hydrogens (tertiary/aromatic N) is 2. The number of amides is 2. The molecule has 3 aromatic rings. The second-order valence-corrected chi connectivity index (χ2v) is 10.7. The molecule has 2 N–H and O–H groups in total. The number of ether oxygens (including phenoxy) is 1. The highest BCUT2D eigenvalue weighted by Crippen LogP contribution is 2.67. The smallest absolute Gasteiger partial charge is 0.320 e. The number of rotatable bonds is 7. The molecule has 1 aromatic heterocycles. The van der Waals surface area contributed by atoms with Crippen molar-refractivity contribution in [2.75, 3.05) is 19.0 Å². The van der Waals surface area contributed by atoms with E-state index in [1.165, 1.54) is 11.1 Å². The van der Waals surface area contributed by atoms with Crippen LogP contribution in [0.5, 0.6) is 0 Å². The standard InChI is InChI=1S/C30H34N4O2/c1-20(19-36-2)22-16-25(21-10-5-3-6-11-21)30(17-22)18-27(30)31-29(35)32-28-24-14-9-15-26(24)33-34(28)23-12-7-4-8-13-23/h3-8,10-13,22,25,27H,1,9,14-19H2,2H3,(H2,31,32,35)/t22-,25?,27-,30+/m0/s1. The molecule has 6 heteroatoms. The van der Waals surface area contributed by atoms with Crippen molar-refractivity contribution in [2.24, 2.45) is 11.3 Å². The molecule has 3 aliphatic rings. The summed E-state index contributed by atoms with van der Waals surface area (Å²) in [5, 5.41) is 11.4. The Labute approximate surface area is 212 Å². The third kappa shape index (κ3) is 4.03. The average Bonchev–Trinajstić information content (AvgIpc) is 3.23. The van der Waals surface area contributed by atoms with Gasteiger partial charge in [0.25, 0.3) is 0 Å². The summed E-state index contributed by atoms with van der Waals surface area (Å²) in [5.41, 5.74) is 5.81. The van der Waals surface area contributed by atoms with Crippen LogP contribution in [0.2, 0.25) is 0 Å². The van der Waals surface area contributed by atoms with Crippen LogP contribution in [-0.4, -0.2) is 35.6 Å². The average molecular weight is 483 g/mol. The number of urea groups is 1. The zero-order chi connectivity index (χ0) is 24.7. The van der Waals surface area contributed by atoms with Crippen LogP contribution < -0.4 is 10.6 Å². The monoisotopic (exact) mass is 482 g/mol. The quantitative estimate of drug-likeness (QED) is 0.429. The summed E-state index contributed by atoms with van der Waals surface area (Å²) in [5.74, 6) is 1.62. The van der Waals surface area contributed by atoms with E-state index in [1.807, 2.05) is 35.0 Å². The van der Waals surface area contributed by atoms with E-state index in [9.17, 15) is 4.79 Å². The molecule has 4 atom stereocenters. The molecule has 1 spiro atoms. The Morgan fingerprint density at radius 1 is 1.11 bits per heavy atom. The van der Waals surface area contributed by atoms with E-state index in [-0.39, 0.29) is 17.5 Å². The molecule has 186 valence electrons. The number of hydrogen-bond acceptors (Lipinski definition) is 3. The molecule has 1 heterocycles. The maximum atomic E-state index is 13.3. The van der Waals surface area contributed by atoms with Gasteiger partial charge in [0.05, 0.1) is 18.0 Å². The van der Waals surface area contributed by atoms with Crippen molar-refractivity contribution < 1.29 is 9.53 Å². The molecule has 0 radical (unpaired) electrons. The largest absolute Gasteiger partial charge is 0.380 e. The summed E-state index contributed by atoms with van der Waals surface area (Å²) in [7, 11) is 1.73. The van der Waals surface area contributed by atoms with Crippen molar-refractivity contribution in [1.29, 1.82) is 0 Å². The first kappa shape index (κ1) is 23.0. The Morgan fingerprint density at radius 2 is 1.86 bits per heavy atom. The summed E-state index contributed by atoms with van der Waals surface area (Å²) in [4.78, 5) is 13.3. The molecule has 2 amide bonds. The number of fused-ring (bicyclic) bond motifs is 1. The zero-order valence-electron chi connectivity index (χ0n) is 20.9. The molecule has 2 aromatic carbocycles. The fraction of sp³-hybridized carbons (Fsp3) is 0.400. The lowest BCUT2D eigenvalue weighted by atomic mass is 9.85. The van der Waals surface area contributed by atoms with Gasteiger partial charge in [-0.05, 0) is 73.6 Å². The van der Waals surface area contributed by atoms with Crippen LogP contribution in [0.3, 0.4) is 0 Å². The van der Waals surface area contributed by atoms with Crippen LogP contribution in [0.1, 0.15) is 48.4 Å². The summed E-state index contributed by atoms with van der Waals surface area (Å²) in [6, 6.07) is 20.8. The Hall–Kier alpha value is -3.38. The number of aryl methyl sites for hydroxylation is 1. The predicted octanol–water partition coefficient (Wildman–Crippen LogP) is 5.64. The summed E-state index contributed by atoms with van der Waals surface area (Å²) in [6.45, 7) is 4.91. The van der Waals surface area contributed by atoms with Gasteiger partial charge in [0.2, 0.25) is 0 Å². The van der Waals surface area contributed by atoms with Crippen molar-refractivity contribution in [2.45, 2.75) is 50.5 Å². The fourth-order valence-electron chi connectivity index (χ4n) is 6.68. The molecule has 0 saturated heterocycles. The topological polar surface area (TPSA) is 68.2 Å². The van der Waals surface area contributed by atoms with E-state index < -0.39 is 0 Å². The van der Waals surface area contributed by atoms with Gasteiger partial charge in [-0.1, -0.05) is 55.1 Å². The molecule has 6 nitrogen and oxygen atoms in total. The van der Waals surface area contributed by atoms with Gasteiger partial charge in [-0.15, -0.1) is 0 Å². The maximum absolute atomic E-state index is 13.3. The van der Waals surface area contributed by atoms with Gasteiger partial charge < -0.3 is 10.1 Å². The van der Waals surface area contributed by atoms with E-state index in [1.54, 1.807) is 7.11 Å². The number of aromatic nitrogens is 2. The van der Waals surface area contributed by atoms with E-state index in [0.717, 1.165) is 61.3 Å². The summed E-state index contributed by atoms with van der Waals surface area (Å²) >= 11 is 0. The first-order valence-corrected chi connectivity index (χ1v) is 13.0. The number of methoxy groups -OCH3 is 1. The number of anilines is 1. The lowest BCUT2D eigenvalue weighted by Gasteiger charge is -2.21. The predicted molar refractivity (Wildman–Crippen MR) is 142 cm³/mol. The molecule has 36 heavy (non-hydrogen) atoms. The maximum Gasteiger partial charge on any atom is 0.320 e. The van der Waals surface area contributed by atoms with Crippen LogP contribution in [0.4, 0.5) is 10.6 Å². The minimum atomic E-state index is -0.144. The highest BCUT2D eigenvalue weighted by atomic mass is 16.5. The first-order valence-electron chi connectivity index (χ1n) is 13.0. The molecule has 2 fully saturated rings. The SMILES string of the molecule is C=C(COC)[C@H]1CC(c2ccccc2)[C@@]2(C1)C[C@@H]2NC(=O)Nc1c2c(nn1-c1ccccc1)CCC2. The Balaban J connectivity index is 1.21. The molecule has 2 saturated carbocycles. The minimum absolute atomic E-state index is 0.0711. The van der Waals surface area contributed by atoms with Crippen LogP contribution >= 0.6 is 0 Å². The Kier molecular flexibility index (Phi) is 5.92. The van der Waals surface area contributed by atoms with E-state index >= 15 is 0 Å². The number of benzene rings is 2. The lowest BCUT2D eigenvalue weighted by Crippen LogP contribution is -2.35. The van der Waals surface area contributed by atoms with Gasteiger partial charge in [0, 0.05) is 24.1 Å². The van der Waals surface area contributed by atoms with Gasteiger partial charge in [0.1, 0.15) is 5.82 Å². The number of hydrogen-bond donors (Lipinski definition) is 2. The third-order valence-corrected chi connectivity index (χ3v) is 8.51. The van der Waals surface area contributed by atoms with E-state index in [0.29, 0.717) is 18.4 Å². The van der Waals surface area contributed by atoms with Crippen molar-refractivity contribution >= 4 is 11.8 Å². The minimum Gasteiger partial charge on any atom is -0.380 e. The number of para-hydroxylation sites is 1. The number of nitrogens with one attached hydrogen (secondary N) is 2. The van der Waals surface area contributed by atoms with Gasteiger partial charge >= 0.3 is 6.03 Å². The van der Waals surface area contributed by atoms with E-state index in [4.69, 9.17) is 9.84 Å². The Bertz CT molecular complexity index is 1270. The third-order valence-electron chi connectivity index (χ3n) is 8.51. The molecule has 1 unspecified atom stereocenters. The fourth-order valence-corrected chi connectivity index (χ4v) is 6.68. The molecule has 6 rings (SSSR count). The number of carbonyl (C=O) groups is 1. The van der Waals surface area contributed by atoms with Gasteiger partial charge in [-0.25, -0.2) is 9.48 Å². The summed E-state index contributed by atoms with van der Waals surface area (Å²) < 4.78 is 7.28. The molecule has 3 aliphatic carbocycles. The Morgan fingerprint density at radius 3 is 2.61 bits per heavy atom. The molecular formula is C30H34N4O2. The van der Waals surface area contributed by atoms with Gasteiger partial charge in [0.15, 0.2) is 0 Å². The highest BCUT2D eigenvalue weighted by molar-refractivity contribution is 5.90. The number of carbonyl (C=O) groups excluding carboxylic acids is 1. The van der Waals surface area contributed by atoms with Crippen molar-refractivity contribution in [3.8, 4) is 5.69 Å². The van der Waals surface area contributed by atoms with Gasteiger partial charge in [-0.3, -0.25) is 5.32 Å². The highest BCUT2D eigenvalue weighted by Gasteiger charge is 2.64. The van der Waals surface area contributed by atoms with Crippen molar-refractivity contribution in [1.82, 2.24) is 15.1 Å². The van der Waals surface area contributed by atoms with Crippen LogP contribution in [-0.2, 0) is 17.6 Å². The molecule has 0 bridgehead atoms. The van der Waals surface area contributed by atoms with E-state index in [2.05, 4.69) is 47.5 Å². The molecule has 0 aliphatic heterocycles. The second kappa shape index (κ2) is 9.25. The first-order chi connectivity index (χ1) is 17.6. The lowest BCUT2D eigenvalue weighted by molar-refractivity contribution is 0.216. The zero-order valence-corrected chi connectivity index (χ0v) is 20.9. The van der Waals surface area contributed by atoms with Crippen molar-refractivity contribution in [3.63, 3.8) is 0 Å². The van der Waals surface area contributed by atoms with Crippen LogP contribution in [0.15, 0.2) is 72.8 Å².